The van der Waals surface area contributed by atoms with E-state index in [-0.39, 0.29) is 12.4 Å². The van der Waals surface area contributed by atoms with Crippen LogP contribution in [0.2, 0.25) is 0 Å². The molecule has 1 aliphatic heterocycles. The lowest BCUT2D eigenvalue weighted by Crippen LogP contribution is -2.48. The lowest BCUT2D eigenvalue weighted by atomic mass is 9.89. The van der Waals surface area contributed by atoms with Gasteiger partial charge in [0.25, 0.3) is 5.91 Å². The third-order valence-corrected chi connectivity index (χ3v) is 5.41. The monoisotopic (exact) mass is 451 g/mol. The van der Waals surface area contributed by atoms with Crippen LogP contribution in [0.5, 0.6) is 11.6 Å². The number of aromatic hydroxyl groups is 1. The first-order chi connectivity index (χ1) is 15.6. The van der Waals surface area contributed by atoms with Gasteiger partial charge in [-0.15, -0.1) is 0 Å². The largest absolute Gasteiger partial charge is 0.497 e. The quantitative estimate of drug-likeness (QED) is 0.585. The Morgan fingerprint density at radius 1 is 1.12 bits per heavy atom. The lowest BCUT2D eigenvalue weighted by Gasteiger charge is -2.28. The smallest absolute Gasteiger partial charge is 0.425 e. The zero-order chi connectivity index (χ0) is 24.0. The van der Waals surface area contributed by atoms with Crippen molar-refractivity contribution < 1.29 is 29.0 Å². The van der Waals surface area contributed by atoms with E-state index in [4.69, 9.17) is 9.47 Å². The second-order valence-corrected chi connectivity index (χ2v) is 8.86. The third-order valence-electron chi connectivity index (χ3n) is 5.41. The topological polar surface area (TPSA) is 110 Å². The summed E-state index contributed by atoms with van der Waals surface area (Å²) in [5.41, 5.74) is -2.07. The van der Waals surface area contributed by atoms with Gasteiger partial charge in [0.1, 0.15) is 11.4 Å². The van der Waals surface area contributed by atoms with E-state index in [1.807, 2.05) is 0 Å². The van der Waals surface area contributed by atoms with Gasteiger partial charge in [-0.25, -0.2) is 9.59 Å². The van der Waals surface area contributed by atoms with Crippen LogP contribution in [0.3, 0.4) is 0 Å². The fraction of sp³-hybridized carbons (Fsp3) is 0.292. The summed E-state index contributed by atoms with van der Waals surface area (Å²) < 4.78 is 12.0. The highest BCUT2D eigenvalue weighted by atomic mass is 16.6. The number of carbonyl (C=O) groups excluding carboxylic acids is 3. The van der Waals surface area contributed by atoms with Crippen LogP contribution in [0.4, 0.5) is 9.59 Å². The molecule has 2 aromatic carbocycles. The molecule has 4 rings (SSSR count). The molecule has 9 nitrogen and oxygen atoms in total. The van der Waals surface area contributed by atoms with E-state index in [9.17, 15) is 19.5 Å². The Labute approximate surface area is 190 Å². The number of urea groups is 1. The van der Waals surface area contributed by atoms with E-state index in [0.29, 0.717) is 27.0 Å². The van der Waals surface area contributed by atoms with Crippen molar-refractivity contribution >= 4 is 28.8 Å². The van der Waals surface area contributed by atoms with Crippen molar-refractivity contribution in [2.45, 2.75) is 38.5 Å². The number of methoxy groups -OCH3 is 1. The Bertz CT molecular complexity index is 1240. The van der Waals surface area contributed by atoms with Crippen LogP contribution < -0.4 is 10.1 Å². The first kappa shape index (κ1) is 22.2. The number of nitrogens with zero attached hydrogens (tertiary/aromatic N) is 2. The Morgan fingerprint density at radius 2 is 1.82 bits per heavy atom. The van der Waals surface area contributed by atoms with E-state index >= 15 is 0 Å². The van der Waals surface area contributed by atoms with Gasteiger partial charge in [-0.05, 0) is 44.5 Å². The fourth-order valence-corrected chi connectivity index (χ4v) is 3.90. The standard InChI is InChI=1S/C24H25N3O6/c1-23(2,3)33-22(31)27-20(29)24(25-21(27)30,16-8-6-5-7-9-16)14-26-13-15-12-17(32-4)10-11-18(15)19(26)28/h5-13,28H,14H2,1-4H3,(H,25,30)/t24-/m0/s1. The number of imide groups is 3. The normalized spacial score (nSPS) is 18.5. The van der Waals surface area contributed by atoms with Gasteiger partial charge in [-0.1, -0.05) is 30.3 Å². The number of carbonyl (C=O) groups is 3. The first-order valence-electron chi connectivity index (χ1n) is 10.4. The predicted octanol–water partition coefficient (Wildman–Crippen LogP) is 3.74. The minimum absolute atomic E-state index is 0.0827. The van der Waals surface area contributed by atoms with Gasteiger partial charge in [0.2, 0.25) is 0 Å². The van der Waals surface area contributed by atoms with Crippen molar-refractivity contribution in [1.82, 2.24) is 14.8 Å². The van der Waals surface area contributed by atoms with Crippen LogP contribution in [0.15, 0.2) is 54.7 Å². The summed E-state index contributed by atoms with van der Waals surface area (Å²) in [5, 5.41) is 14.8. The van der Waals surface area contributed by atoms with E-state index in [2.05, 4.69) is 5.32 Å². The highest BCUT2D eigenvalue weighted by Gasteiger charge is 2.56. The second-order valence-electron chi connectivity index (χ2n) is 8.86. The van der Waals surface area contributed by atoms with Gasteiger partial charge >= 0.3 is 12.1 Å². The molecule has 1 aliphatic rings. The molecule has 3 aromatic rings. The number of hydrogen-bond donors (Lipinski definition) is 2. The van der Waals surface area contributed by atoms with Gasteiger partial charge < -0.3 is 24.5 Å². The maximum absolute atomic E-state index is 13.6. The van der Waals surface area contributed by atoms with Crippen LogP contribution in [0.1, 0.15) is 26.3 Å². The minimum atomic E-state index is -1.63. The van der Waals surface area contributed by atoms with Crippen LogP contribution in [-0.2, 0) is 21.6 Å². The maximum atomic E-state index is 13.6. The molecule has 4 amide bonds. The minimum Gasteiger partial charge on any atom is -0.497 e. The van der Waals surface area contributed by atoms with Crippen LogP contribution in [0, 0.1) is 0 Å². The zero-order valence-electron chi connectivity index (χ0n) is 18.8. The molecule has 1 saturated heterocycles. The highest BCUT2D eigenvalue weighted by Crippen LogP contribution is 2.36. The summed E-state index contributed by atoms with van der Waals surface area (Å²) in [6, 6.07) is 12.9. The number of aromatic nitrogens is 1. The summed E-state index contributed by atoms with van der Waals surface area (Å²) in [6.07, 6.45) is 0.599. The van der Waals surface area contributed by atoms with Crippen molar-refractivity contribution in [3.05, 3.63) is 60.3 Å². The molecule has 0 spiro atoms. The summed E-state index contributed by atoms with van der Waals surface area (Å²) in [7, 11) is 1.54. The summed E-state index contributed by atoms with van der Waals surface area (Å²) in [5.74, 6) is -0.262. The molecule has 9 heteroatoms. The molecule has 1 aromatic heterocycles. The van der Waals surface area contributed by atoms with Gasteiger partial charge in [0, 0.05) is 17.0 Å². The molecule has 2 N–H and O–H groups in total. The molecule has 0 bridgehead atoms. The van der Waals surface area contributed by atoms with Gasteiger partial charge in [0.05, 0.1) is 13.7 Å². The van der Waals surface area contributed by atoms with E-state index < -0.39 is 29.2 Å². The molecule has 1 atom stereocenters. The number of ether oxygens (including phenoxy) is 2. The van der Waals surface area contributed by atoms with Crippen molar-refractivity contribution in [2.75, 3.05) is 7.11 Å². The molecule has 0 radical (unpaired) electrons. The number of benzene rings is 2. The molecule has 0 unspecified atom stereocenters. The molecule has 0 saturated carbocycles. The van der Waals surface area contributed by atoms with E-state index in [0.717, 1.165) is 0 Å². The van der Waals surface area contributed by atoms with E-state index in [1.54, 1.807) is 82.6 Å². The van der Waals surface area contributed by atoms with Gasteiger partial charge in [-0.2, -0.15) is 4.90 Å². The first-order valence-corrected chi connectivity index (χ1v) is 10.4. The van der Waals surface area contributed by atoms with Crippen LogP contribution >= 0.6 is 0 Å². The average molecular weight is 451 g/mol. The fourth-order valence-electron chi connectivity index (χ4n) is 3.90. The molecule has 0 aliphatic carbocycles. The van der Waals surface area contributed by atoms with Crippen molar-refractivity contribution in [1.29, 1.82) is 0 Å². The highest BCUT2D eigenvalue weighted by molar-refractivity contribution is 6.17. The maximum Gasteiger partial charge on any atom is 0.425 e. The molecular formula is C24H25N3O6. The van der Waals surface area contributed by atoms with Crippen molar-refractivity contribution in [2.24, 2.45) is 0 Å². The SMILES string of the molecule is COc1ccc2c(O)n(C[C@@]3(c4ccccc4)NC(=O)N(C(=O)OC(C)(C)C)C3=O)cc2c1. The Kier molecular flexibility index (Phi) is 5.27. The number of amides is 4. The number of fused-ring (bicyclic) bond motifs is 1. The summed E-state index contributed by atoms with van der Waals surface area (Å²) in [4.78, 5) is 39.6. The lowest BCUT2D eigenvalue weighted by molar-refractivity contribution is -0.131. The second kappa shape index (κ2) is 7.84. The van der Waals surface area contributed by atoms with Crippen LogP contribution in [-0.4, -0.2) is 45.3 Å². The predicted molar refractivity (Wildman–Crippen MR) is 120 cm³/mol. The molecule has 1 fully saturated rings. The summed E-state index contributed by atoms with van der Waals surface area (Å²) in [6.45, 7) is 4.78. The Balaban J connectivity index is 1.80. The number of rotatable bonds is 4. The van der Waals surface area contributed by atoms with Crippen molar-refractivity contribution in [3.8, 4) is 11.6 Å². The molecule has 172 valence electrons. The Hall–Kier alpha value is -4.01. The van der Waals surface area contributed by atoms with Crippen LogP contribution in [0.25, 0.3) is 10.8 Å². The molecular weight excluding hydrogens is 426 g/mol. The average Bonchev–Trinajstić information content (AvgIpc) is 3.20. The number of hydrogen-bond acceptors (Lipinski definition) is 6. The van der Waals surface area contributed by atoms with Crippen molar-refractivity contribution in [3.63, 3.8) is 0 Å². The zero-order valence-corrected chi connectivity index (χ0v) is 18.8. The third kappa shape index (κ3) is 3.86. The molecule has 2 heterocycles. The van der Waals surface area contributed by atoms with Gasteiger partial charge in [-0.3, -0.25) is 4.79 Å². The Morgan fingerprint density at radius 3 is 2.45 bits per heavy atom. The van der Waals surface area contributed by atoms with Gasteiger partial charge in [0.15, 0.2) is 11.4 Å². The summed E-state index contributed by atoms with van der Waals surface area (Å²) >= 11 is 0. The van der Waals surface area contributed by atoms with E-state index in [1.165, 1.54) is 4.57 Å². The molecule has 33 heavy (non-hydrogen) atoms. The number of nitrogens with one attached hydrogen (secondary N) is 1.